The van der Waals surface area contributed by atoms with E-state index < -0.39 is 17.0 Å². The van der Waals surface area contributed by atoms with Gasteiger partial charge < -0.3 is 10.1 Å². The Balaban J connectivity index is 1.51. The highest BCUT2D eigenvalue weighted by Crippen LogP contribution is 2.64. The van der Waals surface area contributed by atoms with Gasteiger partial charge >= 0.3 is 0 Å². The number of hydrogen-bond acceptors (Lipinski definition) is 2. The first-order valence-electron chi connectivity index (χ1n) is 9.66. The lowest BCUT2D eigenvalue weighted by Crippen LogP contribution is -2.35. The van der Waals surface area contributed by atoms with Crippen molar-refractivity contribution in [3.8, 4) is 5.75 Å². The van der Waals surface area contributed by atoms with Crippen LogP contribution < -0.4 is 10.1 Å². The number of halogens is 2. The number of amides is 1. The van der Waals surface area contributed by atoms with Gasteiger partial charge in [0, 0.05) is 24.4 Å². The number of ether oxygens (including phenoxy) is 1. The largest absolute Gasteiger partial charge is 0.493 e. The molecular formula is C23H27F2NO2. The molecule has 1 aliphatic rings. The summed E-state index contributed by atoms with van der Waals surface area (Å²) in [7, 11) is 0. The van der Waals surface area contributed by atoms with Crippen molar-refractivity contribution in [3.05, 3.63) is 65.2 Å². The molecule has 1 N–H and O–H groups in total. The topological polar surface area (TPSA) is 38.3 Å². The molecule has 2 aromatic rings. The molecule has 1 fully saturated rings. The summed E-state index contributed by atoms with van der Waals surface area (Å²) in [4.78, 5) is 12.3. The second-order valence-electron chi connectivity index (χ2n) is 8.26. The number of carbonyl (C=O) groups is 1. The van der Waals surface area contributed by atoms with Crippen LogP contribution in [0, 0.1) is 24.0 Å². The summed E-state index contributed by atoms with van der Waals surface area (Å²) < 4.78 is 33.3. The highest BCUT2D eigenvalue weighted by Gasteiger charge is 2.62. The number of hydrogen-bond donors (Lipinski definition) is 1. The fraction of sp³-hybridized carbons (Fsp3) is 0.435. The zero-order valence-electron chi connectivity index (χ0n) is 16.6. The quantitative estimate of drug-likeness (QED) is 0.653. The summed E-state index contributed by atoms with van der Waals surface area (Å²) in [5.41, 5.74) is 0.901. The maximum Gasteiger partial charge on any atom is 0.220 e. The molecule has 0 heterocycles. The van der Waals surface area contributed by atoms with Crippen LogP contribution in [0.5, 0.6) is 5.75 Å². The minimum absolute atomic E-state index is 0.0852. The lowest BCUT2D eigenvalue weighted by molar-refractivity contribution is -0.121. The van der Waals surface area contributed by atoms with E-state index in [-0.39, 0.29) is 11.3 Å². The summed E-state index contributed by atoms with van der Waals surface area (Å²) in [6, 6.07) is 11.4. The fourth-order valence-electron chi connectivity index (χ4n) is 3.92. The van der Waals surface area contributed by atoms with E-state index in [1.165, 1.54) is 12.1 Å². The van der Waals surface area contributed by atoms with Crippen LogP contribution in [0.25, 0.3) is 0 Å². The van der Waals surface area contributed by atoms with E-state index >= 15 is 0 Å². The van der Waals surface area contributed by atoms with E-state index in [9.17, 15) is 13.6 Å². The second-order valence-corrected chi connectivity index (χ2v) is 8.26. The molecule has 0 aromatic heterocycles. The zero-order chi connectivity index (χ0) is 20.4. The van der Waals surface area contributed by atoms with E-state index in [1.54, 1.807) is 0 Å². The van der Waals surface area contributed by atoms with Gasteiger partial charge in [0.25, 0.3) is 0 Å². The molecule has 0 saturated heterocycles. The first-order chi connectivity index (χ1) is 13.2. The van der Waals surface area contributed by atoms with Gasteiger partial charge in [-0.2, -0.15) is 0 Å². The Labute approximate surface area is 165 Å². The third-order valence-electron chi connectivity index (χ3n) is 5.85. The Morgan fingerprint density at radius 1 is 1.18 bits per heavy atom. The van der Waals surface area contributed by atoms with Gasteiger partial charge in [0.15, 0.2) is 0 Å². The smallest absolute Gasteiger partial charge is 0.220 e. The third-order valence-corrected chi connectivity index (χ3v) is 5.85. The zero-order valence-corrected chi connectivity index (χ0v) is 16.6. The highest BCUT2D eigenvalue weighted by atomic mass is 19.1. The monoisotopic (exact) mass is 387 g/mol. The van der Waals surface area contributed by atoms with Crippen molar-refractivity contribution < 1.29 is 18.3 Å². The van der Waals surface area contributed by atoms with Gasteiger partial charge in [-0.05, 0) is 48.4 Å². The van der Waals surface area contributed by atoms with Crippen LogP contribution >= 0.6 is 0 Å². The maximum atomic E-state index is 14.3. The van der Waals surface area contributed by atoms with Crippen LogP contribution in [0.1, 0.15) is 44.2 Å². The highest BCUT2D eigenvalue weighted by molar-refractivity contribution is 5.76. The molecule has 0 radical (unpaired) electrons. The molecule has 1 saturated carbocycles. The number of benzene rings is 2. The van der Waals surface area contributed by atoms with Crippen LogP contribution in [0.2, 0.25) is 0 Å². The molecule has 1 amide bonds. The Bertz CT molecular complexity index is 865. The molecule has 3 nitrogen and oxygen atoms in total. The van der Waals surface area contributed by atoms with Gasteiger partial charge in [0.2, 0.25) is 5.91 Å². The first kappa shape index (κ1) is 20.3. The molecule has 0 spiro atoms. The summed E-state index contributed by atoms with van der Waals surface area (Å²) in [6.07, 6.45) is 1.69. The van der Waals surface area contributed by atoms with Crippen LogP contribution in [0.15, 0.2) is 42.5 Å². The summed E-state index contributed by atoms with van der Waals surface area (Å²) in [5, 5.41) is 2.94. The van der Waals surface area contributed by atoms with Gasteiger partial charge in [-0.25, -0.2) is 8.78 Å². The Kier molecular flexibility index (Phi) is 5.73. The lowest BCUT2D eigenvalue weighted by Gasteiger charge is -2.22. The Morgan fingerprint density at radius 3 is 2.54 bits per heavy atom. The number of carbonyl (C=O) groups excluding carboxylic acids is 1. The van der Waals surface area contributed by atoms with Crippen molar-refractivity contribution in [3.63, 3.8) is 0 Å². The molecule has 0 bridgehead atoms. The van der Waals surface area contributed by atoms with Gasteiger partial charge in [-0.3, -0.25) is 4.79 Å². The Hall–Kier alpha value is -2.43. The molecule has 3 rings (SSSR count). The average Bonchev–Trinajstić information content (AvgIpc) is 3.20. The van der Waals surface area contributed by atoms with Gasteiger partial charge in [-0.15, -0.1) is 0 Å². The fourth-order valence-corrected chi connectivity index (χ4v) is 3.92. The Morgan fingerprint density at radius 2 is 1.89 bits per heavy atom. The normalized spacial score (nSPS) is 19.9. The van der Waals surface area contributed by atoms with E-state index in [1.807, 2.05) is 45.0 Å². The van der Waals surface area contributed by atoms with Crippen molar-refractivity contribution in [2.45, 2.75) is 45.4 Å². The molecule has 1 aliphatic carbocycles. The first-order valence-corrected chi connectivity index (χ1v) is 9.66. The van der Waals surface area contributed by atoms with Crippen LogP contribution in [0.4, 0.5) is 8.78 Å². The molecule has 1 atom stereocenters. The third kappa shape index (κ3) is 4.18. The summed E-state index contributed by atoms with van der Waals surface area (Å²) in [5.74, 6) is -0.398. The predicted molar refractivity (Wildman–Crippen MR) is 105 cm³/mol. The van der Waals surface area contributed by atoms with Gasteiger partial charge in [0.05, 0.1) is 6.61 Å². The maximum absolute atomic E-state index is 14.3. The minimum Gasteiger partial charge on any atom is -0.493 e. The van der Waals surface area contributed by atoms with Crippen LogP contribution in [0.3, 0.4) is 0 Å². The number of nitrogens with one attached hydrogen (secondary N) is 1. The average molecular weight is 387 g/mol. The van der Waals surface area contributed by atoms with Gasteiger partial charge in [-0.1, -0.05) is 38.1 Å². The summed E-state index contributed by atoms with van der Waals surface area (Å²) in [6.45, 7) is 6.87. The van der Waals surface area contributed by atoms with Crippen molar-refractivity contribution >= 4 is 5.91 Å². The van der Waals surface area contributed by atoms with Crippen LogP contribution in [-0.4, -0.2) is 19.1 Å². The van der Waals surface area contributed by atoms with E-state index in [0.29, 0.717) is 31.6 Å². The SMILES string of the molecule is Cc1ccccc1OCCCC(=O)NCC1(c2ccc(F)cc2F)CC1(C)C. The molecular weight excluding hydrogens is 360 g/mol. The van der Waals surface area contributed by atoms with Gasteiger partial charge in [0.1, 0.15) is 17.4 Å². The number of rotatable bonds is 8. The molecule has 1 unspecified atom stereocenters. The van der Waals surface area contributed by atoms with E-state index in [0.717, 1.165) is 23.8 Å². The van der Waals surface area contributed by atoms with E-state index in [2.05, 4.69) is 5.32 Å². The van der Waals surface area contributed by atoms with Crippen molar-refractivity contribution in [1.82, 2.24) is 5.32 Å². The molecule has 2 aromatic carbocycles. The summed E-state index contributed by atoms with van der Waals surface area (Å²) >= 11 is 0. The predicted octanol–water partition coefficient (Wildman–Crippen LogP) is 4.92. The van der Waals surface area contributed by atoms with Crippen molar-refractivity contribution in [1.29, 1.82) is 0 Å². The molecule has 150 valence electrons. The van der Waals surface area contributed by atoms with Crippen molar-refractivity contribution in [2.24, 2.45) is 5.41 Å². The van der Waals surface area contributed by atoms with Crippen LogP contribution in [-0.2, 0) is 10.2 Å². The molecule has 28 heavy (non-hydrogen) atoms. The lowest BCUT2D eigenvalue weighted by atomic mass is 9.87. The molecule has 5 heteroatoms. The van der Waals surface area contributed by atoms with E-state index in [4.69, 9.17) is 4.74 Å². The minimum atomic E-state index is -0.590. The molecule has 0 aliphatic heterocycles. The number of aryl methyl sites for hydroxylation is 1. The van der Waals surface area contributed by atoms with Crippen molar-refractivity contribution in [2.75, 3.05) is 13.2 Å². The number of para-hydroxylation sites is 1. The standard InChI is InChI=1S/C23H27F2NO2/c1-16-7-4-5-8-20(16)28-12-6-9-21(27)26-15-23(14-22(23,2)3)18-11-10-17(24)13-19(18)25/h4-5,7-8,10-11,13H,6,9,12,14-15H2,1-3H3,(H,26,27). The second kappa shape index (κ2) is 7.90.